The summed E-state index contributed by atoms with van der Waals surface area (Å²) in [7, 11) is 0.882. The van der Waals surface area contributed by atoms with Gasteiger partial charge in [0, 0.05) is 26.4 Å². The van der Waals surface area contributed by atoms with Crippen LogP contribution in [0, 0.1) is 0 Å². The highest BCUT2D eigenvalue weighted by Gasteiger charge is 2.18. The van der Waals surface area contributed by atoms with E-state index >= 15 is 0 Å². The molecule has 2 aromatic rings. The molecule has 0 radical (unpaired) electrons. The highest BCUT2D eigenvalue weighted by atomic mass is 32.2. The third-order valence-corrected chi connectivity index (χ3v) is 5.19. The first-order valence-corrected chi connectivity index (χ1v) is 8.68. The van der Waals surface area contributed by atoms with Crippen molar-refractivity contribution in [2.45, 2.75) is 11.4 Å². The van der Waals surface area contributed by atoms with Crippen LogP contribution >= 0.6 is 0 Å². The van der Waals surface area contributed by atoms with Gasteiger partial charge < -0.3 is 14.0 Å². The van der Waals surface area contributed by atoms with Gasteiger partial charge in [-0.1, -0.05) is 0 Å². The van der Waals surface area contributed by atoms with E-state index in [-0.39, 0.29) is 23.6 Å². The van der Waals surface area contributed by atoms with Crippen molar-refractivity contribution in [2.75, 3.05) is 27.8 Å². The number of aromatic nitrogens is 1. The Balaban J connectivity index is 2.08. The maximum Gasteiger partial charge on any atom is 0.250 e. The van der Waals surface area contributed by atoms with Crippen molar-refractivity contribution in [2.24, 2.45) is 0 Å². The molecule has 0 N–H and O–H groups in total. The Morgan fingerprint density at radius 1 is 1.04 bits per heavy atom. The smallest absolute Gasteiger partial charge is 0.250 e. The van der Waals surface area contributed by atoms with Crippen LogP contribution in [0.5, 0.6) is 11.5 Å². The molecule has 2 rings (SSSR count). The minimum Gasteiger partial charge on any atom is -0.497 e. The third kappa shape index (κ3) is 4.15. The normalized spacial score (nSPS) is 11.5. The zero-order valence-electron chi connectivity index (χ0n) is 13.8. The molecule has 1 aromatic heterocycles. The first-order valence-electron chi connectivity index (χ1n) is 7.24. The Kier molecular flexibility index (Phi) is 5.63. The number of pyridine rings is 1. The maximum absolute atomic E-state index is 12.1. The van der Waals surface area contributed by atoms with E-state index in [4.69, 9.17) is 9.47 Å². The highest BCUT2D eigenvalue weighted by Crippen LogP contribution is 2.17. The van der Waals surface area contributed by atoms with Gasteiger partial charge in [-0.25, -0.2) is 12.7 Å². The van der Waals surface area contributed by atoms with Crippen LogP contribution in [-0.2, 0) is 16.6 Å². The summed E-state index contributed by atoms with van der Waals surface area (Å²) in [4.78, 5) is 11.9. The molecular formula is C16H20N2O5S. The molecule has 0 aliphatic heterocycles. The van der Waals surface area contributed by atoms with E-state index in [2.05, 4.69) is 0 Å². The van der Waals surface area contributed by atoms with E-state index in [1.165, 1.54) is 37.0 Å². The molecule has 0 saturated carbocycles. The Morgan fingerprint density at radius 3 is 2.25 bits per heavy atom. The molecule has 0 fully saturated rings. The van der Waals surface area contributed by atoms with Crippen molar-refractivity contribution in [3.63, 3.8) is 0 Å². The summed E-state index contributed by atoms with van der Waals surface area (Å²) in [5.74, 6) is 1.36. The van der Waals surface area contributed by atoms with Gasteiger partial charge in [-0.3, -0.25) is 4.79 Å². The Bertz CT molecular complexity index is 842. The van der Waals surface area contributed by atoms with Crippen LogP contribution in [0.15, 0.2) is 52.3 Å². The van der Waals surface area contributed by atoms with Crippen LogP contribution in [0.4, 0.5) is 0 Å². The molecule has 0 unspecified atom stereocenters. The Morgan fingerprint density at radius 2 is 1.67 bits per heavy atom. The fourth-order valence-corrected chi connectivity index (χ4v) is 2.90. The molecule has 0 spiro atoms. The van der Waals surface area contributed by atoms with E-state index in [1.807, 2.05) is 0 Å². The lowest BCUT2D eigenvalue weighted by Crippen LogP contribution is -2.27. The number of nitrogens with zero attached hydrogens (tertiary/aromatic N) is 2. The van der Waals surface area contributed by atoms with E-state index in [9.17, 15) is 13.2 Å². The molecule has 24 heavy (non-hydrogen) atoms. The second kappa shape index (κ2) is 7.50. The van der Waals surface area contributed by atoms with Crippen LogP contribution in [0.1, 0.15) is 0 Å². The number of benzene rings is 1. The van der Waals surface area contributed by atoms with E-state index < -0.39 is 10.0 Å². The van der Waals surface area contributed by atoms with Crippen molar-refractivity contribution in [1.82, 2.24) is 8.87 Å². The standard InChI is InChI=1S/C16H20N2O5S/c1-17(2)24(20,21)15-8-9-16(19)18(12-15)10-11-23-14-6-4-13(22-3)5-7-14/h4-9,12H,10-11H2,1-3H3. The summed E-state index contributed by atoms with van der Waals surface area (Å²) in [5, 5.41) is 0. The minimum absolute atomic E-state index is 0.0662. The second-order valence-electron chi connectivity index (χ2n) is 5.21. The summed E-state index contributed by atoms with van der Waals surface area (Å²) in [5.41, 5.74) is -0.286. The van der Waals surface area contributed by atoms with Crippen LogP contribution in [0.2, 0.25) is 0 Å². The predicted molar refractivity (Wildman–Crippen MR) is 90.1 cm³/mol. The van der Waals surface area contributed by atoms with Gasteiger partial charge >= 0.3 is 0 Å². The van der Waals surface area contributed by atoms with Crippen LogP contribution < -0.4 is 15.0 Å². The third-order valence-electron chi connectivity index (χ3n) is 3.40. The quantitative estimate of drug-likeness (QED) is 0.748. The van der Waals surface area contributed by atoms with Gasteiger partial charge in [-0.15, -0.1) is 0 Å². The molecule has 130 valence electrons. The fourth-order valence-electron chi connectivity index (χ4n) is 1.98. The number of sulfonamides is 1. The van der Waals surface area contributed by atoms with Crippen LogP contribution in [0.3, 0.4) is 0 Å². The molecular weight excluding hydrogens is 332 g/mol. The predicted octanol–water partition coefficient (Wildman–Crippen LogP) is 1.19. The lowest BCUT2D eigenvalue weighted by molar-refractivity contribution is 0.295. The average molecular weight is 352 g/mol. The zero-order valence-corrected chi connectivity index (χ0v) is 14.6. The molecule has 0 saturated heterocycles. The van der Waals surface area contributed by atoms with Gasteiger partial charge in [0.2, 0.25) is 10.0 Å². The lowest BCUT2D eigenvalue weighted by Gasteiger charge is -2.13. The van der Waals surface area contributed by atoms with Crippen molar-refractivity contribution in [3.05, 3.63) is 52.9 Å². The van der Waals surface area contributed by atoms with Gasteiger partial charge in [0.05, 0.1) is 18.6 Å². The van der Waals surface area contributed by atoms with Crippen molar-refractivity contribution in [1.29, 1.82) is 0 Å². The molecule has 0 bridgehead atoms. The monoisotopic (exact) mass is 352 g/mol. The SMILES string of the molecule is COc1ccc(OCCn2cc(S(=O)(=O)N(C)C)ccc2=O)cc1. The van der Waals surface area contributed by atoms with Gasteiger partial charge in [0.15, 0.2) is 0 Å². The summed E-state index contributed by atoms with van der Waals surface area (Å²) in [6, 6.07) is 9.60. The van der Waals surface area contributed by atoms with Gasteiger partial charge in [0.25, 0.3) is 5.56 Å². The molecule has 0 aliphatic carbocycles. The van der Waals surface area contributed by atoms with Gasteiger partial charge in [-0.05, 0) is 30.3 Å². The number of methoxy groups -OCH3 is 1. The Hall–Kier alpha value is -2.32. The molecule has 1 aromatic carbocycles. The number of rotatable bonds is 7. The molecule has 0 amide bonds. The van der Waals surface area contributed by atoms with Crippen molar-refractivity contribution >= 4 is 10.0 Å². The first-order chi connectivity index (χ1) is 11.3. The van der Waals surface area contributed by atoms with Crippen LogP contribution in [-0.4, -0.2) is 45.1 Å². The molecule has 0 aliphatic rings. The summed E-state index contributed by atoms with van der Waals surface area (Å²) in [6.45, 7) is 0.472. The molecule has 8 heteroatoms. The zero-order chi connectivity index (χ0) is 17.7. The average Bonchev–Trinajstić information content (AvgIpc) is 2.56. The van der Waals surface area contributed by atoms with E-state index in [0.717, 1.165) is 10.1 Å². The maximum atomic E-state index is 12.1. The van der Waals surface area contributed by atoms with Crippen LogP contribution in [0.25, 0.3) is 0 Å². The van der Waals surface area contributed by atoms with Crippen molar-refractivity contribution in [3.8, 4) is 11.5 Å². The van der Waals surface area contributed by atoms with Crippen molar-refractivity contribution < 1.29 is 17.9 Å². The van der Waals surface area contributed by atoms with Gasteiger partial charge in [-0.2, -0.15) is 0 Å². The molecule has 0 atom stereocenters. The first kappa shape index (κ1) is 18.0. The van der Waals surface area contributed by atoms with Gasteiger partial charge in [0.1, 0.15) is 18.1 Å². The second-order valence-corrected chi connectivity index (χ2v) is 7.36. The minimum atomic E-state index is -3.58. The summed E-state index contributed by atoms with van der Waals surface area (Å²) < 4.78 is 37.3. The number of hydrogen-bond acceptors (Lipinski definition) is 5. The molecule has 7 nitrogen and oxygen atoms in total. The summed E-state index contributed by atoms with van der Waals surface area (Å²) in [6.07, 6.45) is 1.33. The number of hydrogen-bond donors (Lipinski definition) is 0. The Labute approximate surface area is 141 Å². The fraction of sp³-hybridized carbons (Fsp3) is 0.312. The lowest BCUT2D eigenvalue weighted by atomic mass is 10.3. The number of ether oxygens (including phenoxy) is 2. The molecule has 1 heterocycles. The summed E-state index contributed by atoms with van der Waals surface area (Å²) >= 11 is 0. The van der Waals surface area contributed by atoms with E-state index in [0.29, 0.717) is 5.75 Å². The largest absolute Gasteiger partial charge is 0.497 e. The highest BCUT2D eigenvalue weighted by molar-refractivity contribution is 7.89. The van der Waals surface area contributed by atoms with E-state index in [1.54, 1.807) is 31.4 Å². The topological polar surface area (TPSA) is 77.8 Å².